The molecule has 1 atom stereocenters. The number of nitrogens with one attached hydrogen (secondary N) is 3. The highest BCUT2D eigenvalue weighted by atomic mass is 35.5. The molecule has 1 fully saturated rings. The van der Waals surface area contributed by atoms with Crippen LogP contribution in [0.25, 0.3) is 11.3 Å². The summed E-state index contributed by atoms with van der Waals surface area (Å²) in [5, 5.41) is 10.8. The molecule has 0 amide bonds. The molecule has 3 rings (SSSR count). The van der Waals surface area contributed by atoms with Gasteiger partial charge in [0, 0.05) is 34.8 Å². The van der Waals surface area contributed by atoms with Gasteiger partial charge in [-0.3, -0.25) is 14.5 Å². The van der Waals surface area contributed by atoms with Crippen LogP contribution in [0.3, 0.4) is 0 Å². The van der Waals surface area contributed by atoms with Crippen molar-refractivity contribution in [2.45, 2.75) is 57.9 Å². The Hall–Kier alpha value is -1.14. The Morgan fingerprint density at radius 3 is 2.62 bits per heavy atom. The van der Waals surface area contributed by atoms with Crippen molar-refractivity contribution < 1.29 is 0 Å². The lowest BCUT2D eigenvalue weighted by atomic mass is 9.84. The molecule has 3 N–H and O–H groups in total. The summed E-state index contributed by atoms with van der Waals surface area (Å²) in [5.74, 6) is 0.581. The van der Waals surface area contributed by atoms with Gasteiger partial charge in [0.15, 0.2) is 0 Å². The molecule has 1 unspecified atom stereocenters. The first kappa shape index (κ1) is 19.6. The number of benzene rings is 1. The van der Waals surface area contributed by atoms with E-state index in [0.29, 0.717) is 12.0 Å². The molecule has 4 nitrogen and oxygen atoms in total. The predicted octanol–water partition coefficient (Wildman–Crippen LogP) is 5.27. The van der Waals surface area contributed by atoms with E-state index in [9.17, 15) is 0 Å². The molecular formula is C20H29ClN4S. The van der Waals surface area contributed by atoms with Gasteiger partial charge in [0.25, 0.3) is 0 Å². The Bertz CT molecular complexity index is 718. The molecule has 1 aromatic carbocycles. The third kappa shape index (κ3) is 5.19. The highest BCUT2D eigenvalue weighted by Crippen LogP contribution is 2.34. The summed E-state index contributed by atoms with van der Waals surface area (Å²) >= 11 is 5.97. The minimum atomic E-state index is 0.0367. The van der Waals surface area contributed by atoms with Gasteiger partial charge >= 0.3 is 0 Å². The normalized spacial score (nSPS) is 21.8. The molecule has 0 spiro atoms. The van der Waals surface area contributed by atoms with Crippen molar-refractivity contribution in [2.75, 3.05) is 6.54 Å². The van der Waals surface area contributed by atoms with Crippen LogP contribution in [0.2, 0.25) is 5.02 Å². The zero-order valence-corrected chi connectivity index (χ0v) is 17.2. The molecule has 6 heteroatoms. The van der Waals surface area contributed by atoms with Crippen LogP contribution in [0.15, 0.2) is 30.3 Å². The molecule has 1 saturated carbocycles. The summed E-state index contributed by atoms with van der Waals surface area (Å²) in [5.41, 5.74) is 3.37. The first-order valence-corrected chi connectivity index (χ1v) is 11.2. The maximum atomic E-state index is 5.97. The van der Waals surface area contributed by atoms with Crippen molar-refractivity contribution in [3.8, 4) is 11.3 Å². The van der Waals surface area contributed by atoms with Gasteiger partial charge in [-0.25, -0.2) is 0 Å². The molecule has 142 valence electrons. The third-order valence-corrected chi connectivity index (χ3v) is 6.77. The van der Waals surface area contributed by atoms with Crippen molar-refractivity contribution in [2.24, 2.45) is 0 Å². The number of halogens is 1. The van der Waals surface area contributed by atoms with Crippen molar-refractivity contribution >= 4 is 27.8 Å². The van der Waals surface area contributed by atoms with Crippen molar-refractivity contribution in [1.82, 2.24) is 19.6 Å². The Morgan fingerprint density at radius 2 is 1.96 bits per heavy atom. The van der Waals surface area contributed by atoms with E-state index in [2.05, 4.69) is 44.9 Å². The van der Waals surface area contributed by atoms with Crippen LogP contribution in [0.1, 0.15) is 57.6 Å². The first-order chi connectivity index (χ1) is 12.7. The van der Waals surface area contributed by atoms with E-state index in [1.807, 2.05) is 24.3 Å². The average molecular weight is 393 g/mol. The van der Waals surface area contributed by atoms with Gasteiger partial charge in [-0.15, -0.1) is 0 Å². The van der Waals surface area contributed by atoms with Gasteiger partial charge in [0.1, 0.15) is 0 Å². The number of aromatic amines is 1. The fraction of sp³-hybridized carbons (Fsp3) is 0.500. The van der Waals surface area contributed by atoms with E-state index < -0.39 is 0 Å². The van der Waals surface area contributed by atoms with Crippen LogP contribution in [-0.2, 0) is 0 Å². The van der Waals surface area contributed by atoms with Gasteiger partial charge in [-0.2, -0.15) is 5.10 Å². The van der Waals surface area contributed by atoms with E-state index in [4.69, 9.17) is 11.6 Å². The van der Waals surface area contributed by atoms with E-state index in [-0.39, 0.29) is 10.9 Å². The van der Waals surface area contributed by atoms with E-state index in [0.717, 1.165) is 22.8 Å². The first-order valence-electron chi connectivity index (χ1n) is 9.53. The maximum Gasteiger partial charge on any atom is 0.0923 e. The number of hydrogen-bond acceptors (Lipinski definition) is 3. The van der Waals surface area contributed by atoms with Gasteiger partial charge in [0.05, 0.1) is 5.69 Å². The largest absolute Gasteiger partial charge is 0.282 e. The van der Waals surface area contributed by atoms with Gasteiger partial charge in [-0.1, -0.05) is 41.5 Å². The SMILES string of the molecule is CC=S(NCCC)NC1CCC(c2cc(-c3ccc(Cl)cc3)n[nH]2)CC1. The molecule has 0 saturated heterocycles. The Balaban J connectivity index is 1.54. The summed E-state index contributed by atoms with van der Waals surface area (Å²) in [4.78, 5) is 0. The lowest BCUT2D eigenvalue weighted by Crippen LogP contribution is -2.32. The van der Waals surface area contributed by atoms with Crippen molar-refractivity contribution in [3.63, 3.8) is 0 Å². The molecule has 0 bridgehead atoms. The van der Waals surface area contributed by atoms with Crippen molar-refractivity contribution in [1.29, 1.82) is 0 Å². The van der Waals surface area contributed by atoms with Crippen molar-refractivity contribution in [3.05, 3.63) is 41.0 Å². The van der Waals surface area contributed by atoms with E-state index in [1.165, 1.54) is 37.8 Å². The summed E-state index contributed by atoms with van der Waals surface area (Å²) in [6.07, 6.45) is 6.00. The number of rotatable bonds is 7. The summed E-state index contributed by atoms with van der Waals surface area (Å²) in [6.45, 7) is 5.41. The fourth-order valence-electron chi connectivity index (χ4n) is 3.42. The Labute approximate surface area is 164 Å². The summed E-state index contributed by atoms with van der Waals surface area (Å²) in [7, 11) is 0.0367. The maximum absolute atomic E-state index is 5.97. The molecular weight excluding hydrogens is 364 g/mol. The fourth-order valence-corrected chi connectivity index (χ4v) is 4.95. The van der Waals surface area contributed by atoms with Crippen LogP contribution < -0.4 is 9.44 Å². The predicted molar refractivity (Wildman–Crippen MR) is 115 cm³/mol. The minimum Gasteiger partial charge on any atom is -0.282 e. The number of aromatic nitrogens is 2. The highest BCUT2D eigenvalue weighted by molar-refractivity contribution is 8.11. The van der Waals surface area contributed by atoms with Crippen LogP contribution in [-0.4, -0.2) is 28.2 Å². The quantitative estimate of drug-likeness (QED) is 0.563. The topological polar surface area (TPSA) is 52.7 Å². The molecule has 26 heavy (non-hydrogen) atoms. The molecule has 1 aliphatic rings. The monoisotopic (exact) mass is 392 g/mol. The second kappa shape index (κ2) is 9.70. The number of hydrogen-bond donors (Lipinski definition) is 3. The third-order valence-electron chi connectivity index (χ3n) is 4.94. The van der Waals surface area contributed by atoms with Gasteiger partial charge < -0.3 is 0 Å². The number of H-pyrrole nitrogens is 1. The summed E-state index contributed by atoms with van der Waals surface area (Å²) < 4.78 is 7.34. The molecule has 1 aliphatic carbocycles. The zero-order chi connectivity index (χ0) is 18.4. The van der Waals surface area contributed by atoms with Crippen LogP contribution in [0.4, 0.5) is 0 Å². The zero-order valence-electron chi connectivity index (χ0n) is 15.6. The second-order valence-corrected chi connectivity index (χ2v) is 8.96. The Morgan fingerprint density at radius 1 is 1.23 bits per heavy atom. The van der Waals surface area contributed by atoms with Crippen LogP contribution >= 0.6 is 22.5 Å². The molecule has 1 heterocycles. The lowest BCUT2D eigenvalue weighted by Gasteiger charge is -2.29. The molecule has 1 aromatic heterocycles. The molecule has 2 aromatic rings. The molecule has 0 aliphatic heterocycles. The van der Waals surface area contributed by atoms with E-state index >= 15 is 0 Å². The Kier molecular flexibility index (Phi) is 7.32. The average Bonchev–Trinajstić information content (AvgIpc) is 3.16. The van der Waals surface area contributed by atoms with Gasteiger partial charge in [0.2, 0.25) is 0 Å². The van der Waals surface area contributed by atoms with E-state index in [1.54, 1.807) is 0 Å². The smallest absolute Gasteiger partial charge is 0.0923 e. The van der Waals surface area contributed by atoms with Gasteiger partial charge in [-0.05, 0) is 62.6 Å². The highest BCUT2D eigenvalue weighted by Gasteiger charge is 2.24. The lowest BCUT2D eigenvalue weighted by molar-refractivity contribution is 0.376. The second-order valence-electron chi connectivity index (χ2n) is 6.85. The molecule has 0 radical (unpaired) electrons. The minimum absolute atomic E-state index is 0.0367. The standard InChI is InChI=1S/C20H29ClN4S/c1-3-13-22-26(4-2)25-18-11-7-16(8-12-18)20-14-19(23-24-20)15-5-9-17(21)10-6-15/h4-6,9-10,14,16,18,22,25H,3,7-8,11-13H2,1-2H3,(H,23,24). The van der Waals surface area contributed by atoms with Crippen LogP contribution in [0, 0.1) is 0 Å². The number of nitrogens with zero attached hydrogens (tertiary/aromatic N) is 1. The summed E-state index contributed by atoms with van der Waals surface area (Å²) in [6, 6.07) is 10.7. The van der Waals surface area contributed by atoms with Crippen LogP contribution in [0.5, 0.6) is 0 Å².